The number of nitrogens with zero attached hydrogens (tertiary/aromatic N) is 4. The molecule has 25 heavy (non-hydrogen) atoms. The summed E-state index contributed by atoms with van der Waals surface area (Å²) in [6.45, 7) is 10.3. The van der Waals surface area contributed by atoms with E-state index in [1.54, 1.807) is 0 Å². The van der Waals surface area contributed by atoms with Crippen molar-refractivity contribution in [3.8, 4) is 5.69 Å². The number of nitrogens with one attached hydrogen (secondary N) is 1. The van der Waals surface area contributed by atoms with Gasteiger partial charge in [0.15, 0.2) is 0 Å². The van der Waals surface area contributed by atoms with Gasteiger partial charge in [-0.1, -0.05) is 19.1 Å². The quantitative estimate of drug-likeness (QED) is 0.754. The van der Waals surface area contributed by atoms with Crippen LogP contribution < -0.4 is 5.32 Å². The second-order valence-corrected chi connectivity index (χ2v) is 6.44. The van der Waals surface area contributed by atoms with Crippen molar-refractivity contribution >= 4 is 5.82 Å². The Morgan fingerprint density at radius 1 is 1.04 bits per heavy atom. The van der Waals surface area contributed by atoms with Gasteiger partial charge in [-0.2, -0.15) is 5.10 Å². The summed E-state index contributed by atoms with van der Waals surface area (Å²) >= 11 is 0. The van der Waals surface area contributed by atoms with Gasteiger partial charge in [0.1, 0.15) is 11.6 Å². The number of benzene rings is 1. The minimum atomic E-state index is 0.161. The van der Waals surface area contributed by atoms with E-state index in [2.05, 4.69) is 71.5 Å². The van der Waals surface area contributed by atoms with Crippen LogP contribution >= 0.6 is 0 Å². The van der Waals surface area contributed by atoms with Crippen molar-refractivity contribution < 1.29 is 0 Å². The predicted octanol–water partition coefficient (Wildman–Crippen LogP) is 4.32. The van der Waals surface area contributed by atoms with Crippen LogP contribution in [0, 0.1) is 20.8 Å². The van der Waals surface area contributed by atoms with E-state index in [1.807, 2.05) is 24.6 Å². The minimum absolute atomic E-state index is 0.161. The summed E-state index contributed by atoms with van der Waals surface area (Å²) in [7, 11) is 0. The molecule has 5 nitrogen and oxygen atoms in total. The third kappa shape index (κ3) is 3.87. The van der Waals surface area contributed by atoms with E-state index >= 15 is 0 Å². The molecule has 2 aromatic heterocycles. The summed E-state index contributed by atoms with van der Waals surface area (Å²) in [4.78, 5) is 8.92. The Labute approximate surface area is 149 Å². The summed E-state index contributed by atoms with van der Waals surface area (Å²) in [6.07, 6.45) is 0.907. The molecule has 0 aliphatic carbocycles. The average Bonchev–Trinajstić information content (AvgIpc) is 2.92. The zero-order valence-electron chi connectivity index (χ0n) is 15.5. The molecule has 3 rings (SSSR count). The molecule has 1 N–H and O–H groups in total. The smallest absolute Gasteiger partial charge is 0.130 e. The van der Waals surface area contributed by atoms with E-state index < -0.39 is 0 Å². The molecule has 1 aromatic carbocycles. The highest BCUT2D eigenvalue weighted by Crippen LogP contribution is 2.21. The molecule has 0 saturated heterocycles. The predicted molar refractivity (Wildman–Crippen MR) is 101 cm³/mol. The van der Waals surface area contributed by atoms with Gasteiger partial charge in [0.25, 0.3) is 0 Å². The summed E-state index contributed by atoms with van der Waals surface area (Å²) in [5, 5.41) is 8.01. The molecule has 0 radical (unpaired) electrons. The molecule has 1 atom stereocenters. The standard InChI is InChI=1S/C20H25N5/c1-6-18-12-20(23-16(5)22-18)21-15(4)17-7-9-19(10-8-17)25-14(3)11-13(2)24-25/h7-12,15H,6H2,1-5H3,(H,21,22,23). The maximum Gasteiger partial charge on any atom is 0.130 e. The molecule has 0 spiro atoms. The molecule has 2 heterocycles. The zero-order chi connectivity index (χ0) is 18.0. The van der Waals surface area contributed by atoms with Crippen molar-refractivity contribution in [2.45, 2.75) is 47.1 Å². The van der Waals surface area contributed by atoms with Crippen LogP contribution in [0.2, 0.25) is 0 Å². The lowest BCUT2D eigenvalue weighted by Crippen LogP contribution is -2.10. The van der Waals surface area contributed by atoms with Gasteiger partial charge < -0.3 is 5.32 Å². The number of hydrogen-bond donors (Lipinski definition) is 1. The number of aromatic nitrogens is 4. The maximum atomic E-state index is 4.54. The van der Waals surface area contributed by atoms with E-state index in [0.717, 1.165) is 40.8 Å². The third-order valence-electron chi connectivity index (χ3n) is 4.26. The molecule has 130 valence electrons. The Kier molecular flexibility index (Phi) is 4.83. The fourth-order valence-corrected chi connectivity index (χ4v) is 2.98. The minimum Gasteiger partial charge on any atom is -0.363 e. The van der Waals surface area contributed by atoms with Gasteiger partial charge in [-0.15, -0.1) is 0 Å². The van der Waals surface area contributed by atoms with Crippen molar-refractivity contribution in [2.24, 2.45) is 0 Å². The molecule has 0 amide bonds. The Bertz CT molecular complexity index is 864. The Hall–Kier alpha value is -2.69. The number of anilines is 1. The average molecular weight is 335 g/mol. The molecule has 0 aliphatic rings. The summed E-state index contributed by atoms with van der Waals surface area (Å²) in [5.74, 6) is 1.67. The monoisotopic (exact) mass is 335 g/mol. The normalized spacial score (nSPS) is 12.2. The second-order valence-electron chi connectivity index (χ2n) is 6.44. The molecule has 0 fully saturated rings. The molecule has 5 heteroatoms. The van der Waals surface area contributed by atoms with Crippen LogP contribution in [0.1, 0.15) is 48.4 Å². The largest absolute Gasteiger partial charge is 0.363 e. The van der Waals surface area contributed by atoms with Crippen molar-refractivity contribution in [1.82, 2.24) is 19.7 Å². The Balaban J connectivity index is 1.78. The first kappa shape index (κ1) is 17.1. The van der Waals surface area contributed by atoms with Crippen molar-refractivity contribution in [2.75, 3.05) is 5.32 Å². The van der Waals surface area contributed by atoms with Gasteiger partial charge in [0, 0.05) is 23.5 Å². The summed E-state index contributed by atoms with van der Waals surface area (Å²) < 4.78 is 1.97. The van der Waals surface area contributed by atoms with Gasteiger partial charge in [0.05, 0.1) is 11.4 Å². The maximum absolute atomic E-state index is 4.54. The molecular weight excluding hydrogens is 310 g/mol. The van der Waals surface area contributed by atoms with Gasteiger partial charge in [-0.25, -0.2) is 14.6 Å². The van der Waals surface area contributed by atoms with Crippen LogP contribution in [0.5, 0.6) is 0 Å². The zero-order valence-corrected chi connectivity index (χ0v) is 15.5. The fourth-order valence-electron chi connectivity index (χ4n) is 2.98. The van der Waals surface area contributed by atoms with Crippen LogP contribution in [-0.4, -0.2) is 19.7 Å². The van der Waals surface area contributed by atoms with E-state index in [1.165, 1.54) is 5.56 Å². The molecule has 1 unspecified atom stereocenters. The van der Waals surface area contributed by atoms with Crippen LogP contribution in [-0.2, 0) is 6.42 Å². The topological polar surface area (TPSA) is 55.6 Å². The molecular formula is C20H25N5. The van der Waals surface area contributed by atoms with Crippen molar-refractivity contribution in [3.05, 3.63) is 64.9 Å². The Morgan fingerprint density at radius 2 is 1.76 bits per heavy atom. The first-order valence-corrected chi connectivity index (χ1v) is 8.71. The van der Waals surface area contributed by atoms with Gasteiger partial charge in [0.2, 0.25) is 0 Å². The van der Waals surface area contributed by atoms with Crippen LogP contribution in [0.25, 0.3) is 5.69 Å². The highest BCUT2D eigenvalue weighted by Gasteiger charge is 2.09. The molecule has 3 aromatic rings. The fraction of sp³-hybridized carbons (Fsp3) is 0.350. The SMILES string of the molecule is CCc1cc(NC(C)c2ccc(-n3nc(C)cc3C)cc2)nc(C)n1. The lowest BCUT2D eigenvalue weighted by molar-refractivity contribution is 0.826. The van der Waals surface area contributed by atoms with E-state index in [4.69, 9.17) is 0 Å². The first-order chi connectivity index (χ1) is 12.0. The highest BCUT2D eigenvalue weighted by molar-refractivity contribution is 5.42. The Morgan fingerprint density at radius 3 is 2.36 bits per heavy atom. The van der Waals surface area contributed by atoms with Crippen LogP contribution in [0.15, 0.2) is 36.4 Å². The number of aryl methyl sites for hydroxylation is 4. The first-order valence-electron chi connectivity index (χ1n) is 8.71. The van der Waals surface area contributed by atoms with Crippen molar-refractivity contribution in [1.29, 1.82) is 0 Å². The molecule has 0 saturated carbocycles. The lowest BCUT2D eigenvalue weighted by Gasteiger charge is -2.16. The highest BCUT2D eigenvalue weighted by atomic mass is 15.3. The second kappa shape index (κ2) is 7.05. The summed E-state index contributed by atoms with van der Waals surface area (Å²) in [5.41, 5.74) is 5.51. The summed E-state index contributed by atoms with van der Waals surface area (Å²) in [6, 6.07) is 12.8. The molecule has 0 bridgehead atoms. The van der Waals surface area contributed by atoms with Crippen LogP contribution in [0.3, 0.4) is 0 Å². The van der Waals surface area contributed by atoms with Gasteiger partial charge in [-0.3, -0.25) is 0 Å². The van der Waals surface area contributed by atoms with E-state index in [0.29, 0.717) is 0 Å². The third-order valence-corrected chi connectivity index (χ3v) is 4.26. The van der Waals surface area contributed by atoms with E-state index in [-0.39, 0.29) is 6.04 Å². The van der Waals surface area contributed by atoms with Gasteiger partial charge >= 0.3 is 0 Å². The number of hydrogen-bond acceptors (Lipinski definition) is 4. The number of rotatable bonds is 5. The van der Waals surface area contributed by atoms with E-state index in [9.17, 15) is 0 Å². The van der Waals surface area contributed by atoms with Gasteiger partial charge in [-0.05, 0) is 57.9 Å². The van der Waals surface area contributed by atoms with Crippen LogP contribution in [0.4, 0.5) is 5.82 Å². The van der Waals surface area contributed by atoms with Crippen molar-refractivity contribution in [3.63, 3.8) is 0 Å². The molecule has 0 aliphatic heterocycles. The lowest BCUT2D eigenvalue weighted by atomic mass is 10.1.